The summed E-state index contributed by atoms with van der Waals surface area (Å²) in [5, 5.41) is 6.10. The summed E-state index contributed by atoms with van der Waals surface area (Å²) in [7, 11) is 4.28. The summed E-state index contributed by atoms with van der Waals surface area (Å²) in [6, 6.07) is 4.88. The maximum Gasteiger partial charge on any atom is 0.314 e. The molecule has 0 aromatic carbocycles. The van der Waals surface area contributed by atoms with Crippen molar-refractivity contribution >= 4 is 6.03 Å². The molecule has 2 aliphatic rings. The molecule has 2 fully saturated rings. The number of likely N-dealkylation sites (tertiary alicyclic amines) is 2. The second-order valence-corrected chi connectivity index (χ2v) is 7.13. The summed E-state index contributed by atoms with van der Waals surface area (Å²) in [6.07, 6.45) is 7.25. The van der Waals surface area contributed by atoms with Gasteiger partial charge in [-0.1, -0.05) is 6.07 Å². The molecule has 6 heteroatoms. The normalized spacial score (nSPS) is 28.2. The van der Waals surface area contributed by atoms with Gasteiger partial charge in [-0.3, -0.25) is 9.88 Å². The van der Waals surface area contributed by atoms with Crippen LogP contribution in [0.25, 0.3) is 0 Å². The van der Waals surface area contributed by atoms with Gasteiger partial charge in [-0.2, -0.15) is 0 Å². The summed E-state index contributed by atoms with van der Waals surface area (Å²) in [5.74, 6) is 0.430. The fraction of sp³-hybridized carbons (Fsp3) is 0.667. The molecule has 132 valence electrons. The van der Waals surface area contributed by atoms with Crippen LogP contribution in [0, 0.1) is 5.92 Å². The third-order valence-electron chi connectivity index (χ3n) is 5.49. The summed E-state index contributed by atoms with van der Waals surface area (Å²) in [5.41, 5.74) is 1.23. The Morgan fingerprint density at radius 2 is 2.04 bits per heavy atom. The third kappa shape index (κ3) is 4.05. The number of urea groups is 1. The van der Waals surface area contributed by atoms with E-state index in [1.165, 1.54) is 18.4 Å². The molecule has 2 amide bonds. The maximum absolute atomic E-state index is 12.1. The van der Waals surface area contributed by atoms with Crippen molar-refractivity contribution in [3.05, 3.63) is 30.1 Å². The molecule has 2 N–H and O–H groups in total. The van der Waals surface area contributed by atoms with Crippen LogP contribution < -0.4 is 10.6 Å². The van der Waals surface area contributed by atoms with Crippen LogP contribution in [-0.2, 0) is 0 Å². The number of pyridine rings is 1. The summed E-state index contributed by atoms with van der Waals surface area (Å²) in [4.78, 5) is 21.0. The molecule has 2 aliphatic heterocycles. The molecule has 0 aliphatic carbocycles. The van der Waals surface area contributed by atoms with E-state index < -0.39 is 0 Å². The number of hydrogen-bond donors (Lipinski definition) is 2. The average Bonchev–Trinajstić information content (AvgIpc) is 3.17. The lowest BCUT2D eigenvalue weighted by Gasteiger charge is -2.25. The van der Waals surface area contributed by atoms with Crippen LogP contribution in [0.15, 0.2) is 24.5 Å². The number of hydrogen-bond acceptors (Lipinski definition) is 4. The van der Waals surface area contributed by atoms with Gasteiger partial charge in [0, 0.05) is 37.6 Å². The zero-order chi connectivity index (χ0) is 16.9. The molecule has 0 bridgehead atoms. The number of nitrogens with zero attached hydrogens (tertiary/aromatic N) is 3. The van der Waals surface area contributed by atoms with E-state index in [2.05, 4.69) is 45.6 Å². The highest BCUT2D eigenvalue weighted by Crippen LogP contribution is 2.35. The maximum atomic E-state index is 12.1. The summed E-state index contributed by atoms with van der Waals surface area (Å²) < 4.78 is 0. The Bertz CT molecular complexity index is 537. The monoisotopic (exact) mass is 331 g/mol. The first-order valence-corrected chi connectivity index (χ1v) is 8.97. The topological polar surface area (TPSA) is 60.5 Å². The van der Waals surface area contributed by atoms with Gasteiger partial charge in [0.15, 0.2) is 0 Å². The van der Waals surface area contributed by atoms with Gasteiger partial charge in [-0.15, -0.1) is 0 Å². The minimum Gasteiger partial charge on any atom is -0.338 e. The Morgan fingerprint density at radius 1 is 1.21 bits per heavy atom. The van der Waals surface area contributed by atoms with Crippen molar-refractivity contribution in [3.8, 4) is 0 Å². The Kier molecular flexibility index (Phi) is 5.68. The predicted molar refractivity (Wildman–Crippen MR) is 94.8 cm³/mol. The number of carbonyl (C=O) groups is 1. The Hall–Kier alpha value is -1.66. The quantitative estimate of drug-likeness (QED) is 0.858. The van der Waals surface area contributed by atoms with Crippen molar-refractivity contribution in [3.63, 3.8) is 0 Å². The van der Waals surface area contributed by atoms with Crippen LogP contribution in [0.4, 0.5) is 4.79 Å². The molecule has 24 heavy (non-hydrogen) atoms. The summed E-state index contributed by atoms with van der Waals surface area (Å²) in [6.45, 7) is 3.63. The van der Waals surface area contributed by atoms with E-state index in [4.69, 9.17) is 0 Å². The minimum absolute atomic E-state index is 0.0465. The third-order valence-corrected chi connectivity index (χ3v) is 5.49. The number of amides is 2. The lowest BCUT2D eigenvalue weighted by atomic mass is 9.95. The Labute approximate surface area is 144 Å². The van der Waals surface area contributed by atoms with Crippen molar-refractivity contribution in [2.45, 2.75) is 31.3 Å². The molecule has 0 saturated carbocycles. The van der Waals surface area contributed by atoms with Gasteiger partial charge >= 0.3 is 6.03 Å². The Morgan fingerprint density at radius 3 is 2.75 bits per heavy atom. The summed E-state index contributed by atoms with van der Waals surface area (Å²) >= 11 is 0. The zero-order valence-electron chi connectivity index (χ0n) is 14.7. The molecule has 3 rings (SSSR count). The van der Waals surface area contributed by atoms with Crippen molar-refractivity contribution in [1.29, 1.82) is 0 Å². The first-order chi connectivity index (χ1) is 11.6. The minimum atomic E-state index is -0.0465. The fourth-order valence-corrected chi connectivity index (χ4v) is 4.05. The second-order valence-electron chi connectivity index (χ2n) is 7.13. The van der Waals surface area contributed by atoms with Crippen LogP contribution in [-0.4, -0.2) is 67.1 Å². The van der Waals surface area contributed by atoms with E-state index in [9.17, 15) is 4.79 Å². The SMILES string of the molecule is CN1CCCC1CNC(=O)NC[C@@H]1CCN(C)[C@H]1c1cccnc1. The van der Waals surface area contributed by atoms with Crippen LogP contribution in [0.2, 0.25) is 0 Å². The largest absolute Gasteiger partial charge is 0.338 e. The van der Waals surface area contributed by atoms with Gasteiger partial charge in [0.25, 0.3) is 0 Å². The van der Waals surface area contributed by atoms with E-state index in [1.807, 2.05) is 12.3 Å². The highest BCUT2D eigenvalue weighted by molar-refractivity contribution is 5.73. The molecule has 1 unspecified atom stereocenters. The second kappa shape index (κ2) is 7.94. The lowest BCUT2D eigenvalue weighted by Crippen LogP contribution is -2.44. The van der Waals surface area contributed by atoms with E-state index in [0.29, 0.717) is 24.5 Å². The van der Waals surface area contributed by atoms with E-state index >= 15 is 0 Å². The highest BCUT2D eigenvalue weighted by Gasteiger charge is 2.33. The van der Waals surface area contributed by atoms with Crippen LogP contribution in [0.3, 0.4) is 0 Å². The molecule has 3 atom stereocenters. The van der Waals surface area contributed by atoms with Crippen LogP contribution in [0.1, 0.15) is 30.9 Å². The Balaban J connectivity index is 1.47. The number of carbonyl (C=O) groups excluding carboxylic acids is 1. The van der Waals surface area contributed by atoms with Crippen molar-refractivity contribution in [1.82, 2.24) is 25.4 Å². The molecule has 1 aromatic heterocycles. The molecular weight excluding hydrogens is 302 g/mol. The van der Waals surface area contributed by atoms with E-state index in [1.54, 1.807) is 6.20 Å². The fourth-order valence-electron chi connectivity index (χ4n) is 4.05. The molecule has 3 heterocycles. The predicted octanol–water partition coefficient (Wildman–Crippen LogP) is 1.47. The van der Waals surface area contributed by atoms with Gasteiger partial charge in [0.1, 0.15) is 0 Å². The molecule has 6 nitrogen and oxygen atoms in total. The molecule has 0 radical (unpaired) electrons. The first-order valence-electron chi connectivity index (χ1n) is 8.97. The van der Waals surface area contributed by atoms with Crippen molar-refractivity contribution in [2.75, 3.05) is 40.3 Å². The molecular formula is C18H29N5O. The van der Waals surface area contributed by atoms with Crippen molar-refractivity contribution in [2.24, 2.45) is 5.92 Å². The number of nitrogens with one attached hydrogen (secondary N) is 2. The molecule has 2 saturated heterocycles. The van der Waals surface area contributed by atoms with Gasteiger partial charge in [-0.25, -0.2) is 4.79 Å². The van der Waals surface area contributed by atoms with Gasteiger partial charge in [-0.05, 0) is 64.0 Å². The van der Waals surface area contributed by atoms with E-state index in [0.717, 1.165) is 26.1 Å². The lowest BCUT2D eigenvalue weighted by molar-refractivity contribution is 0.228. The molecule has 1 aromatic rings. The van der Waals surface area contributed by atoms with Gasteiger partial charge in [0.2, 0.25) is 0 Å². The molecule has 0 spiro atoms. The zero-order valence-corrected chi connectivity index (χ0v) is 14.7. The standard InChI is InChI=1S/C18H29N5O/c1-22-9-4-6-16(22)13-21-18(24)20-12-15-7-10-23(2)17(15)14-5-3-8-19-11-14/h3,5,8,11,15-17H,4,6-7,9-10,12-13H2,1-2H3,(H2,20,21,24)/t15-,16?,17-/m0/s1. The van der Waals surface area contributed by atoms with Crippen LogP contribution in [0.5, 0.6) is 0 Å². The smallest absolute Gasteiger partial charge is 0.314 e. The van der Waals surface area contributed by atoms with Gasteiger partial charge in [0.05, 0.1) is 0 Å². The average molecular weight is 331 g/mol. The van der Waals surface area contributed by atoms with Crippen LogP contribution >= 0.6 is 0 Å². The van der Waals surface area contributed by atoms with E-state index in [-0.39, 0.29) is 6.03 Å². The number of rotatable bonds is 5. The van der Waals surface area contributed by atoms with Crippen molar-refractivity contribution < 1.29 is 4.79 Å². The highest BCUT2D eigenvalue weighted by atomic mass is 16.2. The number of aromatic nitrogens is 1. The first kappa shape index (κ1) is 17.2. The van der Waals surface area contributed by atoms with Gasteiger partial charge < -0.3 is 15.5 Å². The number of likely N-dealkylation sites (N-methyl/N-ethyl adjacent to an activating group) is 1.